The summed E-state index contributed by atoms with van der Waals surface area (Å²) >= 11 is 0. The number of rotatable bonds is 7. The maximum absolute atomic E-state index is 11.9. The van der Waals surface area contributed by atoms with Gasteiger partial charge in [0.05, 0.1) is 23.4 Å². The van der Waals surface area contributed by atoms with Crippen LogP contribution in [0.3, 0.4) is 0 Å². The first-order valence-corrected chi connectivity index (χ1v) is 11.0. The van der Waals surface area contributed by atoms with Gasteiger partial charge in [-0.1, -0.05) is 19.1 Å². The second-order valence-corrected chi connectivity index (χ2v) is 7.86. The second-order valence-electron chi connectivity index (χ2n) is 7.86. The fourth-order valence-corrected chi connectivity index (χ4v) is 4.09. The van der Waals surface area contributed by atoms with Gasteiger partial charge < -0.3 is 19.9 Å². The number of hydrogen-bond acceptors (Lipinski definition) is 3. The number of urea groups is 1. The maximum atomic E-state index is 11.9. The molecule has 2 aromatic carbocycles. The van der Waals surface area contributed by atoms with Crippen LogP contribution in [-0.2, 0) is 0 Å². The molecule has 1 aliphatic rings. The van der Waals surface area contributed by atoms with E-state index in [9.17, 15) is 10.1 Å². The van der Waals surface area contributed by atoms with Crippen molar-refractivity contribution in [3.63, 3.8) is 0 Å². The highest BCUT2D eigenvalue weighted by Crippen LogP contribution is 2.43. The molecule has 1 aliphatic carbocycles. The van der Waals surface area contributed by atoms with E-state index in [4.69, 9.17) is 4.74 Å². The van der Waals surface area contributed by atoms with Gasteiger partial charge in [0.2, 0.25) is 0 Å². The number of aromatic nitrogens is 1. The van der Waals surface area contributed by atoms with Crippen LogP contribution < -0.4 is 15.4 Å². The van der Waals surface area contributed by atoms with Gasteiger partial charge in [-0.05, 0) is 62.4 Å². The van der Waals surface area contributed by atoms with Crippen LogP contribution in [0.25, 0.3) is 22.2 Å². The number of fused-ring (bicyclic) bond motifs is 1. The Morgan fingerprint density at radius 2 is 1.97 bits per heavy atom. The second kappa shape index (κ2) is 9.13. The zero-order valence-electron chi connectivity index (χ0n) is 18.1. The van der Waals surface area contributed by atoms with Crippen molar-refractivity contribution in [3.05, 3.63) is 48.0 Å². The lowest BCUT2D eigenvalue weighted by molar-refractivity contribution is 0.252. The summed E-state index contributed by atoms with van der Waals surface area (Å²) in [6.45, 7) is 5.23. The third-order valence-corrected chi connectivity index (χ3v) is 5.79. The Labute approximate surface area is 182 Å². The molecular formula is C25H28N4O2. The van der Waals surface area contributed by atoms with Crippen LogP contribution in [0.1, 0.15) is 51.1 Å². The molecule has 0 saturated heterocycles. The Balaban J connectivity index is 1.76. The average molecular weight is 417 g/mol. The highest BCUT2D eigenvalue weighted by Gasteiger charge is 2.28. The number of carbonyl (C=O) groups is 1. The monoisotopic (exact) mass is 416 g/mol. The van der Waals surface area contributed by atoms with Gasteiger partial charge in [-0.15, -0.1) is 0 Å². The maximum Gasteiger partial charge on any atom is 0.319 e. The summed E-state index contributed by atoms with van der Waals surface area (Å²) in [5.74, 6) is 0.821. The van der Waals surface area contributed by atoms with Crippen molar-refractivity contribution < 1.29 is 9.53 Å². The lowest BCUT2D eigenvalue weighted by Gasteiger charge is -2.30. The number of nitrogens with zero attached hydrogens (tertiary/aromatic N) is 2. The van der Waals surface area contributed by atoms with Crippen LogP contribution in [-0.4, -0.2) is 23.7 Å². The number of benzene rings is 2. The summed E-state index contributed by atoms with van der Waals surface area (Å²) in [5, 5.41) is 16.6. The minimum Gasteiger partial charge on any atom is -0.494 e. The first-order chi connectivity index (χ1) is 15.2. The molecule has 0 unspecified atom stereocenters. The van der Waals surface area contributed by atoms with E-state index >= 15 is 0 Å². The largest absolute Gasteiger partial charge is 0.494 e. The molecule has 1 aromatic heterocycles. The smallest absolute Gasteiger partial charge is 0.319 e. The van der Waals surface area contributed by atoms with Crippen LogP contribution in [0.5, 0.6) is 5.75 Å². The van der Waals surface area contributed by atoms with Gasteiger partial charge in [0.15, 0.2) is 0 Å². The molecule has 31 heavy (non-hydrogen) atoms. The quantitative estimate of drug-likeness (QED) is 0.508. The number of hydrogen-bond donors (Lipinski definition) is 2. The van der Waals surface area contributed by atoms with E-state index in [-0.39, 0.29) is 6.03 Å². The van der Waals surface area contributed by atoms with Crippen molar-refractivity contribution in [2.24, 2.45) is 0 Å². The molecule has 6 heteroatoms. The van der Waals surface area contributed by atoms with Crippen LogP contribution >= 0.6 is 0 Å². The van der Waals surface area contributed by atoms with Crippen molar-refractivity contribution in [2.75, 3.05) is 18.5 Å². The number of anilines is 1. The summed E-state index contributed by atoms with van der Waals surface area (Å²) in [6.07, 6.45) is 4.31. The molecular weight excluding hydrogens is 388 g/mol. The van der Waals surface area contributed by atoms with Crippen LogP contribution in [0, 0.1) is 11.3 Å². The molecule has 6 nitrogen and oxygen atoms in total. The number of amides is 2. The fourth-order valence-electron chi connectivity index (χ4n) is 4.09. The Bertz CT molecular complexity index is 1120. The number of nitriles is 1. The van der Waals surface area contributed by atoms with Gasteiger partial charge in [0.1, 0.15) is 11.8 Å². The van der Waals surface area contributed by atoms with E-state index in [0.717, 1.165) is 52.9 Å². The molecule has 160 valence electrons. The minimum absolute atomic E-state index is 0.209. The highest BCUT2D eigenvalue weighted by atomic mass is 16.5. The molecule has 0 bridgehead atoms. The van der Waals surface area contributed by atoms with Gasteiger partial charge in [0.25, 0.3) is 0 Å². The Morgan fingerprint density at radius 3 is 2.58 bits per heavy atom. The number of ether oxygens (including phenoxy) is 1. The van der Waals surface area contributed by atoms with Gasteiger partial charge in [-0.2, -0.15) is 5.26 Å². The molecule has 0 radical (unpaired) electrons. The Morgan fingerprint density at radius 1 is 1.19 bits per heavy atom. The van der Waals surface area contributed by atoms with E-state index in [2.05, 4.69) is 27.3 Å². The van der Waals surface area contributed by atoms with Gasteiger partial charge in [-0.3, -0.25) is 0 Å². The van der Waals surface area contributed by atoms with E-state index in [0.29, 0.717) is 24.8 Å². The summed E-state index contributed by atoms with van der Waals surface area (Å²) < 4.78 is 8.04. The Hall–Kier alpha value is -3.46. The lowest BCUT2D eigenvalue weighted by Crippen LogP contribution is -2.29. The summed E-state index contributed by atoms with van der Waals surface area (Å²) in [5.41, 5.74) is 4.37. The first kappa shape index (κ1) is 20.8. The standard InChI is InChI=1S/C25H28N4O2/c1-3-14-27-25(30)28-18-10-8-17(9-11-18)24-22(16-26)21-13-12-20(31-4-2)15-23(21)29(24)19-6-5-7-19/h8-13,15,19H,3-7,14H2,1-2H3,(H2,27,28,30). The van der Waals surface area contributed by atoms with Gasteiger partial charge >= 0.3 is 6.03 Å². The molecule has 0 spiro atoms. The third kappa shape index (κ3) is 4.09. The van der Waals surface area contributed by atoms with Gasteiger partial charge in [-0.25, -0.2) is 4.79 Å². The van der Waals surface area contributed by atoms with Crippen LogP contribution in [0.2, 0.25) is 0 Å². The topological polar surface area (TPSA) is 79.1 Å². The van der Waals surface area contributed by atoms with Crippen molar-refractivity contribution in [3.8, 4) is 23.1 Å². The van der Waals surface area contributed by atoms with Crippen LogP contribution in [0.15, 0.2) is 42.5 Å². The third-order valence-electron chi connectivity index (χ3n) is 5.79. The lowest BCUT2D eigenvalue weighted by atomic mass is 9.92. The highest BCUT2D eigenvalue weighted by molar-refractivity contribution is 5.96. The van der Waals surface area contributed by atoms with Crippen molar-refractivity contribution in [2.45, 2.75) is 45.6 Å². The van der Waals surface area contributed by atoms with Crippen LogP contribution in [0.4, 0.5) is 10.5 Å². The zero-order valence-corrected chi connectivity index (χ0v) is 18.1. The molecule has 2 amide bonds. The molecule has 0 atom stereocenters. The molecule has 1 heterocycles. The fraction of sp³-hybridized carbons (Fsp3) is 0.360. The van der Waals surface area contributed by atoms with E-state index in [1.807, 2.05) is 50.2 Å². The molecule has 1 saturated carbocycles. The Kier molecular flexibility index (Phi) is 6.13. The summed E-state index contributed by atoms with van der Waals surface area (Å²) in [6, 6.07) is 16.3. The average Bonchev–Trinajstić information content (AvgIpc) is 3.05. The first-order valence-electron chi connectivity index (χ1n) is 11.0. The number of carbonyl (C=O) groups excluding carboxylic acids is 1. The van der Waals surface area contributed by atoms with E-state index < -0.39 is 0 Å². The minimum atomic E-state index is -0.209. The van der Waals surface area contributed by atoms with Gasteiger partial charge in [0, 0.05) is 29.7 Å². The normalized spacial score (nSPS) is 13.5. The van der Waals surface area contributed by atoms with E-state index in [1.54, 1.807) is 0 Å². The summed E-state index contributed by atoms with van der Waals surface area (Å²) in [4.78, 5) is 11.9. The molecule has 2 N–H and O–H groups in total. The van der Waals surface area contributed by atoms with Crippen molar-refractivity contribution >= 4 is 22.6 Å². The number of nitrogens with one attached hydrogen (secondary N) is 2. The molecule has 4 rings (SSSR count). The molecule has 1 fully saturated rings. The SMILES string of the molecule is CCCNC(=O)Nc1ccc(-c2c(C#N)c3ccc(OCC)cc3n2C2CCC2)cc1. The molecule has 0 aliphatic heterocycles. The zero-order chi connectivity index (χ0) is 21.8. The molecule has 3 aromatic rings. The van der Waals surface area contributed by atoms with E-state index in [1.165, 1.54) is 6.42 Å². The predicted octanol–water partition coefficient (Wildman–Crippen LogP) is 5.84. The predicted molar refractivity (Wildman–Crippen MR) is 123 cm³/mol. The summed E-state index contributed by atoms with van der Waals surface area (Å²) in [7, 11) is 0. The van der Waals surface area contributed by atoms with Crippen molar-refractivity contribution in [1.29, 1.82) is 5.26 Å². The van der Waals surface area contributed by atoms with Crippen molar-refractivity contribution in [1.82, 2.24) is 9.88 Å².